The van der Waals surface area contributed by atoms with Crippen LogP contribution < -0.4 is 4.74 Å². The molecule has 1 fully saturated rings. The van der Waals surface area contributed by atoms with Crippen LogP contribution in [0.4, 0.5) is 26.3 Å². The van der Waals surface area contributed by atoms with Gasteiger partial charge in [-0.15, -0.1) is 0 Å². The number of methoxy groups -OCH3 is 1. The highest BCUT2D eigenvalue weighted by atomic mass is 19.4. The number of halogens is 6. The fourth-order valence-corrected chi connectivity index (χ4v) is 5.69. The molecule has 0 amide bonds. The lowest BCUT2D eigenvalue weighted by molar-refractivity contribution is -0.143. The van der Waals surface area contributed by atoms with Gasteiger partial charge in [0.25, 0.3) is 0 Å². The van der Waals surface area contributed by atoms with Crippen molar-refractivity contribution in [2.45, 2.75) is 50.6 Å². The second-order valence-corrected chi connectivity index (χ2v) is 10.9. The van der Waals surface area contributed by atoms with Crippen molar-refractivity contribution in [2.75, 3.05) is 26.7 Å². The third-order valence-electron chi connectivity index (χ3n) is 7.98. The van der Waals surface area contributed by atoms with Crippen molar-refractivity contribution < 1.29 is 46.1 Å². The summed E-state index contributed by atoms with van der Waals surface area (Å²) in [6.07, 6.45) is -7.00. The van der Waals surface area contributed by atoms with Gasteiger partial charge in [0.05, 0.1) is 36.4 Å². The summed E-state index contributed by atoms with van der Waals surface area (Å²) in [5.41, 5.74) is -1.80. The highest BCUT2D eigenvalue weighted by molar-refractivity contribution is 5.83. The van der Waals surface area contributed by atoms with Gasteiger partial charge in [0.1, 0.15) is 5.75 Å². The predicted molar refractivity (Wildman–Crippen MR) is 151 cm³/mol. The van der Waals surface area contributed by atoms with E-state index in [4.69, 9.17) is 4.74 Å². The monoisotopic (exact) mass is 622 g/mol. The molecule has 0 aliphatic carbocycles. The summed E-state index contributed by atoms with van der Waals surface area (Å²) in [4.78, 5) is 17.6. The number of carbonyl (C=O) groups is 1. The molecule has 12 heteroatoms. The fraction of sp³-hybridized carbons (Fsp3) is 0.438. The van der Waals surface area contributed by atoms with Gasteiger partial charge in [-0.1, -0.05) is 11.8 Å². The summed E-state index contributed by atoms with van der Waals surface area (Å²) >= 11 is 0. The molecule has 236 valence electrons. The maximum absolute atomic E-state index is 13.2. The molecule has 2 unspecified atom stereocenters. The number of fused-ring (bicyclic) bond motifs is 1. The number of ether oxygens (including phenoxy) is 1. The Bertz CT molecular complexity index is 1500. The van der Waals surface area contributed by atoms with Crippen LogP contribution in [-0.2, 0) is 17.1 Å². The number of nitrogens with zero attached hydrogens (tertiary/aromatic N) is 2. The van der Waals surface area contributed by atoms with Crippen LogP contribution in [0.25, 0.3) is 10.9 Å². The largest absolute Gasteiger partial charge is 0.497 e. The van der Waals surface area contributed by atoms with Gasteiger partial charge in [-0.2, -0.15) is 26.3 Å². The summed E-state index contributed by atoms with van der Waals surface area (Å²) in [5.74, 6) is 4.89. The molecule has 1 aliphatic rings. The molecule has 1 aromatic heterocycles. The zero-order valence-corrected chi connectivity index (χ0v) is 23.9. The van der Waals surface area contributed by atoms with Crippen LogP contribution in [0.5, 0.6) is 5.75 Å². The van der Waals surface area contributed by atoms with Crippen LogP contribution in [-0.4, -0.2) is 52.8 Å². The number of benzene rings is 2. The van der Waals surface area contributed by atoms with Gasteiger partial charge in [-0.05, 0) is 92.1 Å². The number of carboxylic acid groups (broad SMARTS) is 1. The number of piperidine rings is 1. The average Bonchev–Trinajstić information content (AvgIpc) is 2.97. The summed E-state index contributed by atoms with van der Waals surface area (Å²) in [5, 5.41) is 21.2. The lowest BCUT2D eigenvalue weighted by atomic mass is 9.79. The molecular formula is C32H32F6N2O4. The molecule has 1 aliphatic heterocycles. The maximum Gasteiger partial charge on any atom is 0.416 e. The third-order valence-corrected chi connectivity index (χ3v) is 7.98. The first kappa shape index (κ1) is 33.1. The molecule has 0 radical (unpaired) electrons. The van der Waals surface area contributed by atoms with E-state index in [1.54, 1.807) is 25.4 Å². The normalized spacial score (nSPS) is 18.5. The number of pyridine rings is 1. The number of hydrogen-bond acceptors (Lipinski definition) is 5. The molecule has 2 aromatic carbocycles. The first-order valence-electron chi connectivity index (χ1n) is 14.1. The van der Waals surface area contributed by atoms with Gasteiger partial charge < -0.3 is 14.9 Å². The van der Waals surface area contributed by atoms with E-state index >= 15 is 0 Å². The number of aliphatic hydroxyl groups is 1. The minimum absolute atomic E-state index is 0.0477. The molecule has 4 rings (SSSR count). The van der Waals surface area contributed by atoms with Crippen LogP contribution in [0.15, 0.2) is 48.7 Å². The second-order valence-electron chi connectivity index (χ2n) is 10.9. The highest BCUT2D eigenvalue weighted by Crippen LogP contribution is 2.37. The molecule has 1 saturated heterocycles. The molecular weight excluding hydrogens is 590 g/mol. The molecule has 2 heterocycles. The Balaban J connectivity index is 1.44. The predicted octanol–water partition coefficient (Wildman–Crippen LogP) is 6.95. The first-order chi connectivity index (χ1) is 20.7. The number of aliphatic hydroxyl groups excluding tert-OH is 1. The second kappa shape index (κ2) is 13.9. The Morgan fingerprint density at radius 2 is 1.75 bits per heavy atom. The lowest BCUT2D eigenvalue weighted by Crippen LogP contribution is -2.41. The molecule has 6 nitrogen and oxygen atoms in total. The van der Waals surface area contributed by atoms with E-state index < -0.39 is 35.6 Å². The summed E-state index contributed by atoms with van der Waals surface area (Å²) in [7, 11) is 1.55. The van der Waals surface area contributed by atoms with E-state index in [-0.39, 0.29) is 36.4 Å². The minimum Gasteiger partial charge on any atom is -0.497 e. The van der Waals surface area contributed by atoms with Crippen LogP contribution in [0.2, 0.25) is 0 Å². The minimum atomic E-state index is -4.96. The Morgan fingerprint density at radius 1 is 1.05 bits per heavy atom. The molecule has 0 bridgehead atoms. The molecule has 3 aromatic rings. The summed E-state index contributed by atoms with van der Waals surface area (Å²) in [6.45, 7) is 1.13. The van der Waals surface area contributed by atoms with E-state index in [0.29, 0.717) is 62.2 Å². The van der Waals surface area contributed by atoms with E-state index in [0.717, 1.165) is 10.9 Å². The van der Waals surface area contributed by atoms with Gasteiger partial charge in [0.15, 0.2) is 0 Å². The van der Waals surface area contributed by atoms with Crippen LogP contribution in [0.3, 0.4) is 0 Å². The van der Waals surface area contributed by atoms with Crippen molar-refractivity contribution in [1.29, 1.82) is 0 Å². The SMILES string of the molecule is COc1ccc2nccc([C@@H](O)CCC3CCN(CC#Cc4cc(C(F)(F)F)cc(C(F)(F)F)c4)CC3CCC(=O)O)c2c1. The third kappa shape index (κ3) is 8.64. The number of alkyl halides is 6. The number of aromatic nitrogens is 1. The average molecular weight is 623 g/mol. The van der Waals surface area contributed by atoms with Gasteiger partial charge in [-0.3, -0.25) is 14.7 Å². The smallest absolute Gasteiger partial charge is 0.416 e. The summed E-state index contributed by atoms with van der Waals surface area (Å²) in [6, 6.07) is 8.43. The molecule has 0 spiro atoms. The van der Waals surface area contributed by atoms with Gasteiger partial charge in [-0.25, -0.2) is 0 Å². The van der Waals surface area contributed by atoms with Crippen LogP contribution in [0, 0.1) is 23.7 Å². The quantitative estimate of drug-likeness (QED) is 0.199. The Kier molecular flexibility index (Phi) is 10.4. The molecule has 3 atom stereocenters. The van der Waals surface area contributed by atoms with E-state index in [1.807, 2.05) is 17.0 Å². The van der Waals surface area contributed by atoms with Crippen molar-refractivity contribution >= 4 is 16.9 Å². The van der Waals surface area contributed by atoms with Crippen LogP contribution in [0.1, 0.15) is 60.5 Å². The van der Waals surface area contributed by atoms with Crippen molar-refractivity contribution in [3.8, 4) is 17.6 Å². The van der Waals surface area contributed by atoms with Crippen molar-refractivity contribution in [3.63, 3.8) is 0 Å². The van der Waals surface area contributed by atoms with Crippen molar-refractivity contribution in [2.24, 2.45) is 11.8 Å². The van der Waals surface area contributed by atoms with E-state index in [1.165, 1.54) is 0 Å². The highest BCUT2D eigenvalue weighted by Gasteiger charge is 2.37. The van der Waals surface area contributed by atoms with Gasteiger partial charge >= 0.3 is 18.3 Å². The zero-order valence-electron chi connectivity index (χ0n) is 23.9. The number of rotatable bonds is 9. The topological polar surface area (TPSA) is 82.9 Å². The maximum atomic E-state index is 13.2. The molecule has 2 N–H and O–H groups in total. The number of likely N-dealkylation sites (tertiary alicyclic amines) is 1. The standard InChI is InChI=1S/C32H32F6N2O4/c1-44-25-6-7-28-27(18-25)26(10-12-39-28)29(41)8-4-21-11-14-40(19-22(21)5-9-30(42)43)13-2-3-20-15-23(31(33,34)35)17-24(16-20)32(36,37)38/h6-7,10,12,15-18,21-22,29,41H,4-5,8-9,11,13-14,19H2,1H3,(H,42,43)/t21?,22?,29-/m0/s1. The molecule has 0 saturated carbocycles. The Morgan fingerprint density at radius 3 is 2.39 bits per heavy atom. The van der Waals surface area contributed by atoms with E-state index in [2.05, 4.69) is 16.8 Å². The number of hydrogen-bond donors (Lipinski definition) is 2. The lowest BCUT2D eigenvalue weighted by Gasteiger charge is -2.38. The van der Waals surface area contributed by atoms with Crippen molar-refractivity contribution in [1.82, 2.24) is 9.88 Å². The fourth-order valence-electron chi connectivity index (χ4n) is 5.69. The van der Waals surface area contributed by atoms with Crippen LogP contribution >= 0.6 is 0 Å². The number of aliphatic carboxylic acids is 1. The van der Waals surface area contributed by atoms with Gasteiger partial charge in [0.2, 0.25) is 0 Å². The number of carboxylic acids is 1. The Hall–Kier alpha value is -3.82. The van der Waals surface area contributed by atoms with Crippen molar-refractivity contribution in [3.05, 3.63) is 70.9 Å². The van der Waals surface area contributed by atoms with E-state index in [9.17, 15) is 41.4 Å². The zero-order chi connectivity index (χ0) is 32.1. The van der Waals surface area contributed by atoms with Gasteiger partial charge in [0, 0.05) is 30.1 Å². The first-order valence-corrected chi connectivity index (χ1v) is 14.1. The molecule has 44 heavy (non-hydrogen) atoms. The summed E-state index contributed by atoms with van der Waals surface area (Å²) < 4.78 is 84.4. The Labute approximate surface area is 250 Å².